The molecule has 2 N–H and O–H groups in total. The van der Waals surface area contributed by atoms with Gasteiger partial charge in [0.2, 0.25) is 0 Å². The highest BCUT2D eigenvalue weighted by Crippen LogP contribution is 2.44. The van der Waals surface area contributed by atoms with Gasteiger partial charge in [0, 0.05) is 23.7 Å². The van der Waals surface area contributed by atoms with E-state index in [0.29, 0.717) is 0 Å². The lowest BCUT2D eigenvalue weighted by molar-refractivity contribution is 0.102. The van der Waals surface area contributed by atoms with Crippen molar-refractivity contribution >= 4 is 5.69 Å². The van der Waals surface area contributed by atoms with Crippen LogP contribution in [0.4, 0.5) is 10.1 Å². The van der Waals surface area contributed by atoms with Crippen molar-refractivity contribution in [2.24, 2.45) is 0 Å². The van der Waals surface area contributed by atoms with Gasteiger partial charge in [-0.2, -0.15) is 0 Å². The van der Waals surface area contributed by atoms with Gasteiger partial charge in [0.05, 0.1) is 0 Å². The SMILES string of the molecule is Fc1ccc2c(c1)C1(CCN(C3CCNCC3)CC1)CN2. The van der Waals surface area contributed by atoms with Gasteiger partial charge < -0.3 is 15.5 Å². The number of piperidine rings is 2. The summed E-state index contributed by atoms with van der Waals surface area (Å²) in [5.74, 6) is -0.0994. The third kappa shape index (κ3) is 2.34. The van der Waals surface area contributed by atoms with E-state index in [9.17, 15) is 4.39 Å². The fraction of sp³-hybridized carbons (Fsp3) is 0.647. The normalized spacial score (nSPS) is 25.8. The zero-order valence-corrected chi connectivity index (χ0v) is 12.5. The minimum Gasteiger partial charge on any atom is -0.384 e. The summed E-state index contributed by atoms with van der Waals surface area (Å²) in [6, 6.07) is 5.98. The molecule has 3 aliphatic heterocycles. The summed E-state index contributed by atoms with van der Waals surface area (Å²) < 4.78 is 13.6. The lowest BCUT2D eigenvalue weighted by Crippen LogP contribution is -2.50. The molecular formula is C17H24FN3. The first-order chi connectivity index (χ1) is 10.3. The molecule has 21 heavy (non-hydrogen) atoms. The summed E-state index contributed by atoms with van der Waals surface area (Å²) in [4.78, 5) is 2.67. The van der Waals surface area contributed by atoms with Crippen molar-refractivity contribution in [3.63, 3.8) is 0 Å². The Bertz CT molecular complexity index is 517. The van der Waals surface area contributed by atoms with E-state index in [0.717, 1.165) is 57.3 Å². The molecule has 3 aliphatic rings. The minimum atomic E-state index is -0.0994. The molecule has 0 saturated carbocycles. The molecule has 1 aromatic rings. The molecule has 1 spiro atoms. The molecule has 4 rings (SSSR count). The quantitative estimate of drug-likeness (QED) is 0.831. The van der Waals surface area contributed by atoms with Crippen LogP contribution in [0.3, 0.4) is 0 Å². The summed E-state index contributed by atoms with van der Waals surface area (Å²) >= 11 is 0. The summed E-state index contributed by atoms with van der Waals surface area (Å²) in [5, 5.41) is 6.93. The molecule has 0 radical (unpaired) electrons. The fourth-order valence-electron chi connectivity index (χ4n) is 4.40. The van der Waals surface area contributed by atoms with Crippen molar-refractivity contribution in [2.75, 3.05) is 38.0 Å². The van der Waals surface area contributed by atoms with Gasteiger partial charge in [0.25, 0.3) is 0 Å². The Morgan fingerprint density at radius 2 is 1.90 bits per heavy atom. The van der Waals surface area contributed by atoms with E-state index >= 15 is 0 Å². The zero-order valence-electron chi connectivity index (χ0n) is 12.5. The number of hydrogen-bond acceptors (Lipinski definition) is 3. The van der Waals surface area contributed by atoms with Crippen molar-refractivity contribution in [1.82, 2.24) is 10.2 Å². The molecule has 0 atom stereocenters. The number of anilines is 1. The molecule has 3 nitrogen and oxygen atoms in total. The van der Waals surface area contributed by atoms with Gasteiger partial charge in [-0.25, -0.2) is 4.39 Å². The Hall–Kier alpha value is -1.13. The lowest BCUT2D eigenvalue weighted by Gasteiger charge is -2.43. The molecule has 2 fully saturated rings. The Labute approximate surface area is 125 Å². The van der Waals surface area contributed by atoms with Crippen molar-refractivity contribution in [2.45, 2.75) is 37.1 Å². The zero-order chi connectivity index (χ0) is 14.3. The van der Waals surface area contributed by atoms with Crippen LogP contribution in [0.5, 0.6) is 0 Å². The van der Waals surface area contributed by atoms with Gasteiger partial charge in [0.1, 0.15) is 5.82 Å². The summed E-state index contributed by atoms with van der Waals surface area (Å²) in [5.41, 5.74) is 2.53. The van der Waals surface area contributed by atoms with E-state index in [4.69, 9.17) is 0 Å². The third-order valence-corrected chi connectivity index (χ3v) is 5.75. The molecule has 0 bridgehead atoms. The second kappa shape index (κ2) is 5.25. The predicted octanol–water partition coefficient (Wildman–Crippen LogP) is 2.34. The Morgan fingerprint density at radius 3 is 2.67 bits per heavy atom. The number of hydrogen-bond donors (Lipinski definition) is 2. The van der Waals surface area contributed by atoms with Gasteiger partial charge in [0.15, 0.2) is 0 Å². The second-order valence-corrected chi connectivity index (χ2v) is 6.84. The van der Waals surface area contributed by atoms with E-state index in [1.165, 1.54) is 18.4 Å². The first-order valence-electron chi connectivity index (χ1n) is 8.26. The third-order valence-electron chi connectivity index (χ3n) is 5.75. The van der Waals surface area contributed by atoms with E-state index in [2.05, 4.69) is 15.5 Å². The highest BCUT2D eigenvalue weighted by atomic mass is 19.1. The fourth-order valence-corrected chi connectivity index (χ4v) is 4.40. The average Bonchev–Trinajstić information content (AvgIpc) is 2.87. The number of nitrogens with one attached hydrogen (secondary N) is 2. The molecule has 0 aromatic heterocycles. The van der Waals surface area contributed by atoms with Gasteiger partial charge in [-0.1, -0.05) is 0 Å². The Balaban J connectivity index is 1.49. The summed E-state index contributed by atoms with van der Waals surface area (Å²) in [7, 11) is 0. The van der Waals surface area contributed by atoms with Crippen LogP contribution in [0.1, 0.15) is 31.2 Å². The summed E-state index contributed by atoms with van der Waals surface area (Å²) in [6.45, 7) is 5.60. The van der Waals surface area contributed by atoms with Crippen LogP contribution in [0.2, 0.25) is 0 Å². The van der Waals surface area contributed by atoms with E-state index < -0.39 is 0 Å². The Kier molecular flexibility index (Phi) is 3.38. The monoisotopic (exact) mass is 289 g/mol. The number of rotatable bonds is 1. The molecular weight excluding hydrogens is 265 g/mol. The van der Waals surface area contributed by atoms with Crippen molar-refractivity contribution < 1.29 is 4.39 Å². The molecule has 0 unspecified atom stereocenters. The molecule has 0 amide bonds. The van der Waals surface area contributed by atoms with Crippen LogP contribution >= 0.6 is 0 Å². The second-order valence-electron chi connectivity index (χ2n) is 6.84. The minimum absolute atomic E-state index is 0.0994. The highest BCUT2D eigenvalue weighted by molar-refractivity contribution is 5.60. The van der Waals surface area contributed by atoms with Crippen molar-refractivity contribution in [3.05, 3.63) is 29.6 Å². The first-order valence-corrected chi connectivity index (χ1v) is 8.26. The van der Waals surface area contributed by atoms with Crippen molar-refractivity contribution in [3.8, 4) is 0 Å². The van der Waals surface area contributed by atoms with E-state index in [1.807, 2.05) is 6.07 Å². The van der Waals surface area contributed by atoms with Gasteiger partial charge >= 0.3 is 0 Å². The highest BCUT2D eigenvalue weighted by Gasteiger charge is 2.42. The number of fused-ring (bicyclic) bond motifs is 2. The van der Waals surface area contributed by atoms with Crippen LogP contribution in [0.15, 0.2) is 18.2 Å². The molecule has 114 valence electrons. The molecule has 1 aromatic carbocycles. The van der Waals surface area contributed by atoms with Gasteiger partial charge in [-0.3, -0.25) is 0 Å². The molecule has 2 saturated heterocycles. The molecule has 4 heteroatoms. The largest absolute Gasteiger partial charge is 0.384 e. The van der Waals surface area contributed by atoms with Crippen LogP contribution < -0.4 is 10.6 Å². The van der Waals surface area contributed by atoms with E-state index in [1.54, 1.807) is 12.1 Å². The standard InChI is InChI=1S/C17H24FN3/c18-13-1-2-16-15(11-13)17(12-20-16)5-9-21(10-6-17)14-3-7-19-8-4-14/h1-2,11,14,19-20H,3-10,12H2. The topological polar surface area (TPSA) is 27.3 Å². The predicted molar refractivity (Wildman–Crippen MR) is 83.3 cm³/mol. The smallest absolute Gasteiger partial charge is 0.123 e. The van der Waals surface area contributed by atoms with Crippen LogP contribution in [0.25, 0.3) is 0 Å². The maximum Gasteiger partial charge on any atom is 0.123 e. The van der Waals surface area contributed by atoms with Crippen molar-refractivity contribution in [1.29, 1.82) is 0 Å². The van der Waals surface area contributed by atoms with Gasteiger partial charge in [-0.05, 0) is 75.6 Å². The van der Waals surface area contributed by atoms with E-state index in [-0.39, 0.29) is 11.2 Å². The lowest BCUT2D eigenvalue weighted by atomic mass is 9.74. The molecule has 0 aliphatic carbocycles. The Morgan fingerprint density at radius 1 is 1.14 bits per heavy atom. The first kappa shape index (κ1) is 13.5. The average molecular weight is 289 g/mol. The number of halogens is 1. The number of nitrogens with zero attached hydrogens (tertiary/aromatic N) is 1. The van der Waals surface area contributed by atoms with Crippen LogP contribution in [0, 0.1) is 5.82 Å². The maximum atomic E-state index is 13.6. The molecule has 3 heterocycles. The summed E-state index contributed by atoms with van der Waals surface area (Å²) in [6.07, 6.45) is 4.85. The van der Waals surface area contributed by atoms with Crippen LogP contribution in [-0.2, 0) is 5.41 Å². The number of likely N-dealkylation sites (tertiary alicyclic amines) is 1. The maximum absolute atomic E-state index is 13.6. The van der Waals surface area contributed by atoms with Gasteiger partial charge in [-0.15, -0.1) is 0 Å². The number of benzene rings is 1. The van der Waals surface area contributed by atoms with Crippen LogP contribution in [-0.4, -0.2) is 43.7 Å².